The van der Waals surface area contributed by atoms with Gasteiger partial charge in [0.25, 0.3) is 0 Å². The van der Waals surface area contributed by atoms with Gasteiger partial charge in [0.1, 0.15) is 17.6 Å². The first-order chi connectivity index (χ1) is 15.4. The lowest BCUT2D eigenvalue weighted by Gasteiger charge is -2.37. The number of aromatic nitrogens is 2. The number of carbonyl (C=O) groups excluding carboxylic acids is 1. The molecule has 0 radical (unpaired) electrons. The number of hydrogen-bond acceptors (Lipinski definition) is 7. The monoisotopic (exact) mass is 439 g/mol. The van der Waals surface area contributed by atoms with E-state index in [1.54, 1.807) is 14.0 Å². The molecule has 172 valence electrons. The van der Waals surface area contributed by atoms with Crippen LogP contribution in [0, 0.1) is 5.92 Å². The lowest BCUT2D eigenvalue weighted by molar-refractivity contribution is -0.130. The molecule has 8 heteroatoms. The Morgan fingerprint density at radius 1 is 1.25 bits per heavy atom. The van der Waals surface area contributed by atoms with E-state index < -0.39 is 0 Å². The fourth-order valence-corrected chi connectivity index (χ4v) is 4.55. The van der Waals surface area contributed by atoms with Crippen LogP contribution in [0.15, 0.2) is 30.6 Å². The molecule has 1 saturated heterocycles. The maximum Gasteiger partial charge on any atom is 0.224 e. The van der Waals surface area contributed by atoms with Gasteiger partial charge in [0.2, 0.25) is 11.9 Å². The van der Waals surface area contributed by atoms with Crippen molar-refractivity contribution in [1.29, 1.82) is 0 Å². The van der Waals surface area contributed by atoms with Crippen molar-refractivity contribution < 1.29 is 14.3 Å². The molecule has 2 atom stereocenters. The smallest absolute Gasteiger partial charge is 0.224 e. The minimum atomic E-state index is -0.0382. The van der Waals surface area contributed by atoms with Crippen LogP contribution in [0.1, 0.15) is 30.9 Å². The van der Waals surface area contributed by atoms with Gasteiger partial charge in [0.05, 0.1) is 13.7 Å². The fourth-order valence-electron chi connectivity index (χ4n) is 4.55. The van der Waals surface area contributed by atoms with Gasteiger partial charge in [-0.1, -0.05) is 0 Å². The van der Waals surface area contributed by atoms with Crippen molar-refractivity contribution in [1.82, 2.24) is 19.8 Å². The number of rotatable bonds is 5. The third kappa shape index (κ3) is 5.12. The van der Waals surface area contributed by atoms with Gasteiger partial charge < -0.3 is 19.3 Å². The summed E-state index contributed by atoms with van der Waals surface area (Å²) in [6.45, 7) is 5.57. The first-order valence-corrected chi connectivity index (χ1v) is 11.2. The summed E-state index contributed by atoms with van der Waals surface area (Å²) in [4.78, 5) is 27.5. The second kappa shape index (κ2) is 9.73. The van der Waals surface area contributed by atoms with Crippen LogP contribution < -0.4 is 14.4 Å². The number of anilines is 1. The quantitative estimate of drug-likeness (QED) is 0.709. The van der Waals surface area contributed by atoms with Crippen LogP contribution in [0.2, 0.25) is 0 Å². The molecule has 2 aliphatic rings. The van der Waals surface area contributed by atoms with Crippen molar-refractivity contribution in [2.45, 2.75) is 39.0 Å². The lowest BCUT2D eigenvalue weighted by Crippen LogP contribution is -2.46. The molecule has 1 amide bonds. The van der Waals surface area contributed by atoms with E-state index in [-0.39, 0.29) is 12.0 Å². The minimum absolute atomic E-state index is 0.0382. The number of likely N-dealkylation sites (tertiary alicyclic amines) is 1. The molecule has 4 rings (SSSR count). The van der Waals surface area contributed by atoms with Crippen molar-refractivity contribution in [2.24, 2.45) is 5.92 Å². The zero-order valence-corrected chi connectivity index (χ0v) is 19.5. The predicted octanol–water partition coefficient (Wildman–Crippen LogP) is 2.57. The molecule has 0 saturated carbocycles. The van der Waals surface area contributed by atoms with Crippen molar-refractivity contribution in [3.63, 3.8) is 0 Å². The van der Waals surface area contributed by atoms with E-state index in [0.29, 0.717) is 19.0 Å². The van der Waals surface area contributed by atoms with Crippen LogP contribution in [0.25, 0.3) is 0 Å². The highest BCUT2D eigenvalue weighted by Gasteiger charge is 2.33. The van der Waals surface area contributed by atoms with Gasteiger partial charge in [-0.3, -0.25) is 9.69 Å². The number of methoxy groups -OCH3 is 1. The van der Waals surface area contributed by atoms with Crippen molar-refractivity contribution in [3.05, 3.63) is 41.7 Å². The average Bonchev–Trinajstić information content (AvgIpc) is 2.99. The predicted molar refractivity (Wildman–Crippen MR) is 123 cm³/mol. The largest absolute Gasteiger partial charge is 0.497 e. The van der Waals surface area contributed by atoms with Crippen molar-refractivity contribution in [2.75, 3.05) is 45.7 Å². The molecule has 2 aromatic rings. The summed E-state index contributed by atoms with van der Waals surface area (Å²) in [7, 11) is 5.53. The molecule has 32 heavy (non-hydrogen) atoms. The van der Waals surface area contributed by atoms with Gasteiger partial charge in [0, 0.05) is 70.1 Å². The molecule has 8 nitrogen and oxygen atoms in total. The van der Waals surface area contributed by atoms with Crippen molar-refractivity contribution >= 4 is 11.9 Å². The summed E-state index contributed by atoms with van der Waals surface area (Å²) in [5.41, 5.74) is 2.11. The summed E-state index contributed by atoms with van der Waals surface area (Å²) in [5.74, 6) is 2.77. The van der Waals surface area contributed by atoms with Crippen LogP contribution in [-0.4, -0.2) is 72.6 Å². The number of hydrogen-bond donors (Lipinski definition) is 0. The Bertz CT molecular complexity index is 934. The molecular weight excluding hydrogens is 406 g/mol. The number of ether oxygens (including phenoxy) is 2. The zero-order valence-electron chi connectivity index (χ0n) is 19.5. The second-order valence-electron chi connectivity index (χ2n) is 8.95. The first-order valence-electron chi connectivity index (χ1n) is 11.2. The molecule has 1 fully saturated rings. The van der Waals surface area contributed by atoms with Crippen LogP contribution >= 0.6 is 0 Å². The van der Waals surface area contributed by atoms with Gasteiger partial charge in [-0.25, -0.2) is 9.97 Å². The maximum absolute atomic E-state index is 12.3. The zero-order chi connectivity index (χ0) is 22.7. The van der Waals surface area contributed by atoms with E-state index in [2.05, 4.69) is 14.9 Å². The summed E-state index contributed by atoms with van der Waals surface area (Å²) < 4.78 is 11.9. The van der Waals surface area contributed by atoms with E-state index in [0.717, 1.165) is 61.1 Å². The Balaban J connectivity index is 1.47. The minimum Gasteiger partial charge on any atom is -0.497 e. The number of amides is 1. The SMILES string of the molecule is COc1ccc2c(c1)CN(C(C)=O)C[C@@H]([C@H]1CCCN(Cc3cnc(N(C)C)nc3)C1)O2. The number of nitrogens with zero attached hydrogens (tertiary/aromatic N) is 5. The third-order valence-corrected chi connectivity index (χ3v) is 6.32. The van der Waals surface area contributed by atoms with Crippen molar-refractivity contribution in [3.8, 4) is 11.5 Å². The molecule has 0 bridgehead atoms. The number of fused-ring (bicyclic) bond motifs is 1. The Labute approximate surface area is 190 Å². The van der Waals surface area contributed by atoms with Crippen LogP contribution in [0.5, 0.6) is 11.5 Å². The Kier molecular flexibility index (Phi) is 6.79. The molecule has 0 spiro atoms. The van der Waals surface area contributed by atoms with E-state index in [4.69, 9.17) is 9.47 Å². The molecule has 0 aliphatic carbocycles. The highest BCUT2D eigenvalue weighted by atomic mass is 16.5. The van der Waals surface area contributed by atoms with Gasteiger partial charge in [-0.2, -0.15) is 0 Å². The Morgan fingerprint density at radius 3 is 2.72 bits per heavy atom. The van der Waals surface area contributed by atoms with Gasteiger partial charge in [-0.05, 0) is 37.6 Å². The standard InChI is InChI=1S/C24H33N5O3/c1-17(30)29-15-20-10-21(31-4)7-8-22(20)32-23(16-29)19-6-5-9-28(14-19)13-18-11-25-24(26-12-18)27(2)3/h7-8,10-12,19,23H,5-6,9,13-16H2,1-4H3/t19-,23-/m0/s1. The van der Waals surface area contributed by atoms with Crippen LogP contribution in [0.3, 0.4) is 0 Å². The van der Waals surface area contributed by atoms with E-state index >= 15 is 0 Å². The highest BCUT2D eigenvalue weighted by molar-refractivity contribution is 5.73. The van der Waals surface area contributed by atoms with Crippen LogP contribution in [-0.2, 0) is 17.9 Å². The molecule has 0 unspecified atom stereocenters. The van der Waals surface area contributed by atoms with E-state index in [9.17, 15) is 4.79 Å². The third-order valence-electron chi connectivity index (χ3n) is 6.32. The van der Waals surface area contributed by atoms with E-state index in [1.807, 2.05) is 54.5 Å². The topological polar surface area (TPSA) is 71.0 Å². The van der Waals surface area contributed by atoms with Crippen LogP contribution in [0.4, 0.5) is 5.95 Å². The average molecular weight is 440 g/mol. The Hall–Kier alpha value is -2.87. The number of carbonyl (C=O) groups is 1. The molecule has 1 aromatic carbocycles. The van der Waals surface area contributed by atoms with E-state index in [1.165, 1.54) is 0 Å². The number of benzene rings is 1. The van der Waals surface area contributed by atoms with Gasteiger partial charge in [-0.15, -0.1) is 0 Å². The summed E-state index contributed by atoms with van der Waals surface area (Å²) in [6.07, 6.45) is 5.99. The lowest BCUT2D eigenvalue weighted by atomic mass is 9.91. The molecule has 3 heterocycles. The molecule has 2 aliphatic heterocycles. The summed E-state index contributed by atoms with van der Waals surface area (Å²) in [6, 6.07) is 5.86. The highest BCUT2D eigenvalue weighted by Crippen LogP contribution is 2.33. The summed E-state index contributed by atoms with van der Waals surface area (Å²) in [5, 5.41) is 0. The molecule has 1 aromatic heterocycles. The van der Waals surface area contributed by atoms with Gasteiger partial charge in [0.15, 0.2) is 0 Å². The number of piperidine rings is 1. The maximum atomic E-state index is 12.3. The molecular formula is C24H33N5O3. The Morgan fingerprint density at radius 2 is 2.03 bits per heavy atom. The fraction of sp³-hybridized carbons (Fsp3) is 0.542. The van der Waals surface area contributed by atoms with Gasteiger partial charge >= 0.3 is 0 Å². The molecule has 0 N–H and O–H groups in total. The summed E-state index contributed by atoms with van der Waals surface area (Å²) >= 11 is 0. The first kappa shape index (κ1) is 22.3. The normalized spacial score (nSPS) is 21.3. The second-order valence-corrected chi connectivity index (χ2v) is 8.95.